The molecule has 0 radical (unpaired) electrons. The smallest absolute Gasteiger partial charge is 0.0554 e. The summed E-state index contributed by atoms with van der Waals surface area (Å²) in [4.78, 5) is 0. The van der Waals surface area contributed by atoms with Crippen molar-refractivity contribution in [1.29, 1.82) is 0 Å². The Morgan fingerprint density at radius 1 is 1.09 bits per heavy atom. The van der Waals surface area contributed by atoms with Gasteiger partial charge < -0.3 is 5.32 Å². The van der Waals surface area contributed by atoms with Crippen molar-refractivity contribution >= 4 is 21.6 Å². The van der Waals surface area contributed by atoms with Crippen molar-refractivity contribution in [3.63, 3.8) is 0 Å². The van der Waals surface area contributed by atoms with Gasteiger partial charge in [-0.1, -0.05) is 62.4 Å². The summed E-state index contributed by atoms with van der Waals surface area (Å²) >= 11 is 3.72. The van der Waals surface area contributed by atoms with E-state index in [0.717, 1.165) is 10.9 Å². The number of anilines is 1. The lowest BCUT2D eigenvalue weighted by Crippen LogP contribution is -2.29. The molecule has 0 amide bonds. The fraction of sp³-hybridized carbons (Fsp3) is 0.333. The predicted molar refractivity (Wildman–Crippen MR) is 101 cm³/mol. The van der Waals surface area contributed by atoms with Crippen LogP contribution in [0.4, 0.5) is 5.69 Å². The van der Waals surface area contributed by atoms with Gasteiger partial charge in [-0.05, 0) is 56.9 Å². The second-order valence-electron chi connectivity index (χ2n) is 7.00. The zero-order valence-electron chi connectivity index (χ0n) is 13.6. The lowest BCUT2D eigenvalue weighted by atomic mass is 9.77. The van der Waals surface area contributed by atoms with E-state index in [1.807, 2.05) is 0 Å². The molecule has 23 heavy (non-hydrogen) atoms. The number of benzene rings is 2. The maximum absolute atomic E-state index is 3.81. The molecule has 2 aromatic rings. The zero-order valence-corrected chi connectivity index (χ0v) is 15.2. The lowest BCUT2D eigenvalue weighted by molar-refractivity contribution is 0.425. The Morgan fingerprint density at radius 2 is 1.87 bits per heavy atom. The second-order valence-corrected chi connectivity index (χ2v) is 7.86. The first-order chi connectivity index (χ1) is 11.1. The molecule has 0 aromatic heterocycles. The quantitative estimate of drug-likeness (QED) is 0.605. The van der Waals surface area contributed by atoms with Crippen LogP contribution in [-0.4, -0.2) is 0 Å². The number of nitrogens with one attached hydrogen (secondary N) is 1. The van der Waals surface area contributed by atoms with E-state index in [2.05, 4.69) is 89.7 Å². The van der Waals surface area contributed by atoms with E-state index in [4.69, 9.17) is 0 Å². The van der Waals surface area contributed by atoms with Gasteiger partial charge in [-0.2, -0.15) is 0 Å². The van der Waals surface area contributed by atoms with Crippen molar-refractivity contribution < 1.29 is 0 Å². The van der Waals surface area contributed by atoms with Crippen molar-refractivity contribution in [2.24, 2.45) is 5.92 Å². The Balaban J connectivity index is 1.74. The molecule has 4 rings (SSSR count). The molecule has 1 nitrogen and oxygen atoms in total. The Kier molecular flexibility index (Phi) is 3.81. The molecule has 0 saturated heterocycles. The Hall–Kier alpha value is -1.54. The van der Waals surface area contributed by atoms with Crippen LogP contribution in [0.15, 0.2) is 59.1 Å². The van der Waals surface area contributed by atoms with E-state index in [9.17, 15) is 0 Å². The summed E-state index contributed by atoms with van der Waals surface area (Å²) in [5, 5.41) is 3.81. The molecule has 0 spiro atoms. The van der Waals surface area contributed by atoms with Gasteiger partial charge >= 0.3 is 0 Å². The van der Waals surface area contributed by atoms with Crippen molar-refractivity contribution in [2.75, 3.05) is 5.32 Å². The Bertz CT molecular complexity index is 745. The van der Waals surface area contributed by atoms with Gasteiger partial charge in [0.15, 0.2) is 0 Å². The maximum atomic E-state index is 3.81. The first-order valence-electron chi connectivity index (χ1n) is 8.46. The number of allylic oxidation sites excluding steroid dienone is 2. The molecular formula is C21H22BrN. The van der Waals surface area contributed by atoms with E-state index < -0.39 is 0 Å². The van der Waals surface area contributed by atoms with Crippen LogP contribution in [0.3, 0.4) is 0 Å². The summed E-state index contributed by atoms with van der Waals surface area (Å²) in [7, 11) is 0. The number of para-hydroxylation sites is 1. The molecule has 118 valence electrons. The van der Waals surface area contributed by atoms with Gasteiger partial charge in [-0.25, -0.2) is 0 Å². The third kappa shape index (κ3) is 2.53. The molecule has 1 aliphatic heterocycles. The molecule has 2 aromatic carbocycles. The Labute approximate surface area is 146 Å². The minimum Gasteiger partial charge on any atom is -0.377 e. The van der Waals surface area contributed by atoms with Crippen LogP contribution in [0.1, 0.15) is 54.8 Å². The van der Waals surface area contributed by atoms with E-state index in [-0.39, 0.29) is 0 Å². The van der Waals surface area contributed by atoms with Crippen LogP contribution in [0.2, 0.25) is 0 Å². The fourth-order valence-electron chi connectivity index (χ4n) is 4.00. The number of hydrogen-bond donors (Lipinski definition) is 1. The van der Waals surface area contributed by atoms with Crippen LogP contribution < -0.4 is 5.32 Å². The van der Waals surface area contributed by atoms with Crippen molar-refractivity contribution in [3.8, 4) is 0 Å². The minimum atomic E-state index is 0.377. The maximum Gasteiger partial charge on any atom is 0.0554 e. The van der Waals surface area contributed by atoms with E-state index in [0.29, 0.717) is 23.8 Å². The molecule has 2 aliphatic rings. The van der Waals surface area contributed by atoms with Crippen molar-refractivity contribution in [2.45, 2.75) is 38.1 Å². The molecule has 1 aliphatic carbocycles. The highest BCUT2D eigenvalue weighted by Crippen LogP contribution is 2.51. The summed E-state index contributed by atoms with van der Waals surface area (Å²) in [5.74, 6) is 1.72. The van der Waals surface area contributed by atoms with Gasteiger partial charge in [-0.15, -0.1) is 0 Å². The van der Waals surface area contributed by atoms with Crippen LogP contribution in [0, 0.1) is 5.92 Å². The summed E-state index contributed by atoms with van der Waals surface area (Å²) in [6, 6.07) is 16.1. The highest BCUT2D eigenvalue weighted by atomic mass is 79.9. The molecule has 0 unspecified atom stereocenters. The molecule has 0 saturated carbocycles. The van der Waals surface area contributed by atoms with Gasteiger partial charge in [0.05, 0.1) is 11.7 Å². The average Bonchev–Trinajstić information content (AvgIpc) is 3.04. The normalized spacial score (nSPS) is 25.1. The van der Waals surface area contributed by atoms with Crippen LogP contribution >= 0.6 is 15.9 Å². The highest BCUT2D eigenvalue weighted by Gasteiger charge is 2.38. The predicted octanol–water partition coefficient (Wildman–Crippen LogP) is 6.40. The largest absolute Gasteiger partial charge is 0.377 e. The zero-order chi connectivity index (χ0) is 16.0. The molecule has 1 heterocycles. The lowest BCUT2D eigenvalue weighted by Gasteiger charge is -2.38. The highest BCUT2D eigenvalue weighted by molar-refractivity contribution is 9.10. The number of fused-ring (bicyclic) bond motifs is 3. The molecule has 2 heteroatoms. The summed E-state index contributed by atoms with van der Waals surface area (Å²) in [6.45, 7) is 4.50. The van der Waals surface area contributed by atoms with Gasteiger partial charge in [0.25, 0.3) is 0 Å². The van der Waals surface area contributed by atoms with Gasteiger partial charge in [0.2, 0.25) is 0 Å². The van der Waals surface area contributed by atoms with Crippen molar-refractivity contribution in [1.82, 2.24) is 0 Å². The number of rotatable bonds is 2. The van der Waals surface area contributed by atoms with E-state index in [1.54, 1.807) is 0 Å². The summed E-state index contributed by atoms with van der Waals surface area (Å²) in [6.07, 6.45) is 5.90. The monoisotopic (exact) mass is 367 g/mol. The molecule has 1 N–H and O–H groups in total. The molecule has 0 bridgehead atoms. The fourth-order valence-corrected chi connectivity index (χ4v) is 4.50. The minimum absolute atomic E-state index is 0.377. The standard InChI is InChI=1S/C21H22BrN/c1-13(2)14-9-11-15(12-10-14)20-17-6-3-5-16(17)18-7-4-8-19(22)21(18)23-20/h3-5,7-13,16-17,20,23H,6H2,1-2H3/t16-,17+,20+/m1/s1. The summed E-state index contributed by atoms with van der Waals surface area (Å²) < 4.78 is 1.16. The molecular weight excluding hydrogens is 346 g/mol. The molecule has 3 atom stereocenters. The summed E-state index contributed by atoms with van der Waals surface area (Å²) in [5.41, 5.74) is 5.49. The van der Waals surface area contributed by atoms with E-state index in [1.165, 1.54) is 22.4 Å². The van der Waals surface area contributed by atoms with Crippen LogP contribution in [-0.2, 0) is 0 Å². The van der Waals surface area contributed by atoms with Gasteiger partial charge in [-0.3, -0.25) is 0 Å². The molecule has 0 fully saturated rings. The van der Waals surface area contributed by atoms with Crippen molar-refractivity contribution in [3.05, 3.63) is 75.8 Å². The topological polar surface area (TPSA) is 12.0 Å². The van der Waals surface area contributed by atoms with Crippen LogP contribution in [0.5, 0.6) is 0 Å². The van der Waals surface area contributed by atoms with Crippen LogP contribution in [0.25, 0.3) is 0 Å². The second kappa shape index (κ2) is 5.83. The first-order valence-corrected chi connectivity index (χ1v) is 9.26. The van der Waals surface area contributed by atoms with Gasteiger partial charge in [0.1, 0.15) is 0 Å². The van der Waals surface area contributed by atoms with Gasteiger partial charge in [0, 0.05) is 10.4 Å². The third-order valence-corrected chi connectivity index (χ3v) is 5.97. The average molecular weight is 368 g/mol. The Morgan fingerprint density at radius 3 is 2.61 bits per heavy atom. The first kappa shape index (κ1) is 15.0. The van der Waals surface area contributed by atoms with E-state index >= 15 is 0 Å². The number of hydrogen-bond acceptors (Lipinski definition) is 1. The SMILES string of the molecule is CC(C)c1ccc([C@@H]2Nc3c(Br)cccc3[C@@H]3C=CC[C@@H]32)cc1. The number of halogens is 1. The third-order valence-electron chi connectivity index (χ3n) is 5.31.